The maximum absolute atomic E-state index is 12.9. The fraction of sp³-hybridized carbons (Fsp3) is 0.462. The molecule has 7 nitrogen and oxygen atoms in total. The van der Waals surface area contributed by atoms with E-state index in [1.54, 1.807) is 18.4 Å². The van der Waals surface area contributed by atoms with Crippen molar-refractivity contribution in [3.63, 3.8) is 0 Å². The molecule has 3 N–H and O–H groups in total. The number of hydrogen-bond acceptors (Lipinski definition) is 5. The Morgan fingerprint density at radius 2 is 2.19 bits per heavy atom. The SMILES string of the molecule is Nc1[nH]ncc1S(=O)(=O)N(Cc1ccco1)C1CCCC1. The summed E-state index contributed by atoms with van der Waals surface area (Å²) >= 11 is 0. The van der Waals surface area contributed by atoms with E-state index in [1.807, 2.05) is 0 Å². The first kappa shape index (κ1) is 14.2. The predicted octanol–water partition coefficient (Wildman–Crippen LogP) is 1.72. The van der Waals surface area contributed by atoms with Gasteiger partial charge in [-0.25, -0.2) is 8.42 Å². The fourth-order valence-electron chi connectivity index (χ4n) is 2.78. The van der Waals surface area contributed by atoms with Crippen molar-refractivity contribution in [3.8, 4) is 0 Å². The van der Waals surface area contributed by atoms with E-state index in [9.17, 15) is 8.42 Å². The zero-order valence-electron chi connectivity index (χ0n) is 11.5. The molecule has 114 valence electrons. The van der Waals surface area contributed by atoms with Crippen LogP contribution in [0.25, 0.3) is 0 Å². The summed E-state index contributed by atoms with van der Waals surface area (Å²) in [5.41, 5.74) is 5.69. The van der Waals surface area contributed by atoms with E-state index in [1.165, 1.54) is 10.5 Å². The van der Waals surface area contributed by atoms with Gasteiger partial charge < -0.3 is 10.2 Å². The van der Waals surface area contributed by atoms with E-state index >= 15 is 0 Å². The van der Waals surface area contributed by atoms with Crippen molar-refractivity contribution in [1.29, 1.82) is 0 Å². The van der Waals surface area contributed by atoms with Gasteiger partial charge in [-0.1, -0.05) is 12.8 Å². The molecule has 0 spiro atoms. The van der Waals surface area contributed by atoms with Gasteiger partial charge in [0.05, 0.1) is 19.0 Å². The molecule has 0 aromatic carbocycles. The summed E-state index contributed by atoms with van der Waals surface area (Å²) in [5.74, 6) is 0.685. The standard InChI is InChI=1S/C13H18N4O3S/c14-13-12(8-15-16-13)21(18,19)17(10-4-1-2-5-10)9-11-6-3-7-20-11/h3,6-8,10H,1-2,4-5,9H2,(H3,14,15,16). The smallest absolute Gasteiger partial charge is 0.248 e. The maximum Gasteiger partial charge on any atom is 0.248 e. The zero-order valence-corrected chi connectivity index (χ0v) is 12.3. The summed E-state index contributed by atoms with van der Waals surface area (Å²) < 4.78 is 32.5. The molecule has 21 heavy (non-hydrogen) atoms. The summed E-state index contributed by atoms with van der Waals surface area (Å²) in [4.78, 5) is 0.0287. The first-order valence-corrected chi connectivity index (χ1v) is 8.36. The van der Waals surface area contributed by atoms with Crippen molar-refractivity contribution in [2.24, 2.45) is 0 Å². The van der Waals surface area contributed by atoms with E-state index in [0.29, 0.717) is 5.76 Å². The van der Waals surface area contributed by atoms with Gasteiger partial charge in [-0.2, -0.15) is 9.40 Å². The van der Waals surface area contributed by atoms with E-state index in [0.717, 1.165) is 25.7 Å². The Balaban J connectivity index is 1.96. The maximum atomic E-state index is 12.9. The minimum absolute atomic E-state index is 0.0191. The van der Waals surface area contributed by atoms with E-state index < -0.39 is 10.0 Å². The molecule has 1 aliphatic rings. The topological polar surface area (TPSA) is 105 Å². The van der Waals surface area contributed by atoms with Gasteiger partial charge in [0.25, 0.3) is 0 Å². The molecule has 0 radical (unpaired) electrons. The van der Waals surface area contributed by atoms with Gasteiger partial charge in [-0.15, -0.1) is 0 Å². The quantitative estimate of drug-likeness (QED) is 0.874. The summed E-state index contributed by atoms with van der Waals surface area (Å²) in [5, 5.41) is 6.19. The monoisotopic (exact) mass is 310 g/mol. The van der Waals surface area contributed by atoms with Crippen molar-refractivity contribution < 1.29 is 12.8 Å². The molecule has 0 saturated heterocycles. The van der Waals surface area contributed by atoms with Crippen LogP contribution < -0.4 is 5.73 Å². The molecule has 8 heteroatoms. The van der Waals surface area contributed by atoms with Crippen LogP contribution in [-0.2, 0) is 16.6 Å². The highest BCUT2D eigenvalue weighted by Gasteiger charge is 2.35. The Morgan fingerprint density at radius 3 is 2.76 bits per heavy atom. The van der Waals surface area contributed by atoms with Crippen LogP contribution in [0.4, 0.5) is 5.82 Å². The normalized spacial score (nSPS) is 16.8. The zero-order chi connectivity index (χ0) is 14.9. The number of H-pyrrole nitrogens is 1. The van der Waals surface area contributed by atoms with Gasteiger partial charge in [0.15, 0.2) is 0 Å². The van der Waals surface area contributed by atoms with Crippen molar-refractivity contribution in [2.45, 2.75) is 43.2 Å². The third-order valence-electron chi connectivity index (χ3n) is 3.84. The van der Waals surface area contributed by atoms with Crippen molar-refractivity contribution in [3.05, 3.63) is 30.4 Å². The Kier molecular flexibility index (Phi) is 3.73. The third-order valence-corrected chi connectivity index (χ3v) is 5.77. The van der Waals surface area contributed by atoms with Gasteiger partial charge in [0, 0.05) is 6.04 Å². The number of rotatable bonds is 5. The highest BCUT2D eigenvalue weighted by Crippen LogP contribution is 2.31. The number of nitrogens with one attached hydrogen (secondary N) is 1. The lowest BCUT2D eigenvalue weighted by atomic mass is 10.2. The Labute approximate surface area is 123 Å². The number of nitrogens with two attached hydrogens (primary N) is 1. The van der Waals surface area contributed by atoms with Gasteiger partial charge in [0.2, 0.25) is 10.0 Å². The van der Waals surface area contributed by atoms with Crippen LogP contribution in [0.15, 0.2) is 33.9 Å². The van der Waals surface area contributed by atoms with Crippen molar-refractivity contribution in [1.82, 2.24) is 14.5 Å². The minimum atomic E-state index is -3.69. The molecule has 1 saturated carbocycles. The molecule has 0 atom stereocenters. The first-order chi connectivity index (χ1) is 10.1. The number of hydrogen-bond donors (Lipinski definition) is 2. The van der Waals surface area contributed by atoms with Gasteiger partial charge in [-0.3, -0.25) is 5.10 Å². The summed E-state index contributed by atoms with van der Waals surface area (Å²) in [6, 6.07) is 3.51. The fourth-order valence-corrected chi connectivity index (χ4v) is 4.44. The second-order valence-corrected chi connectivity index (χ2v) is 7.07. The van der Waals surface area contributed by atoms with Crippen LogP contribution >= 0.6 is 0 Å². The number of aromatic nitrogens is 2. The molecular weight excluding hydrogens is 292 g/mol. The number of nitrogens with zero attached hydrogens (tertiary/aromatic N) is 2. The largest absolute Gasteiger partial charge is 0.468 e. The molecule has 2 aromatic heterocycles. The Bertz CT molecular complexity index is 687. The van der Waals surface area contributed by atoms with Crippen LogP contribution in [0.3, 0.4) is 0 Å². The van der Waals surface area contributed by atoms with Crippen LogP contribution in [-0.4, -0.2) is 29.0 Å². The molecule has 0 unspecified atom stereocenters. The molecule has 1 aliphatic carbocycles. The Morgan fingerprint density at radius 1 is 1.43 bits per heavy atom. The number of furan rings is 1. The second kappa shape index (κ2) is 5.53. The van der Waals surface area contributed by atoms with Crippen LogP contribution in [0.1, 0.15) is 31.4 Å². The number of nitrogen functional groups attached to an aromatic ring is 1. The summed E-state index contributed by atoms with van der Waals surface area (Å²) in [6.45, 7) is 0.213. The third kappa shape index (κ3) is 2.68. The van der Waals surface area contributed by atoms with Crippen molar-refractivity contribution in [2.75, 3.05) is 5.73 Å². The van der Waals surface area contributed by atoms with Gasteiger partial charge >= 0.3 is 0 Å². The lowest BCUT2D eigenvalue weighted by Crippen LogP contribution is -2.38. The van der Waals surface area contributed by atoms with Crippen LogP contribution in [0, 0.1) is 0 Å². The lowest BCUT2D eigenvalue weighted by molar-refractivity contribution is 0.292. The molecule has 2 aromatic rings. The average Bonchev–Trinajstić information content (AvgIpc) is 3.18. The van der Waals surface area contributed by atoms with Crippen LogP contribution in [0.5, 0.6) is 0 Å². The highest BCUT2D eigenvalue weighted by atomic mass is 32.2. The van der Waals surface area contributed by atoms with E-state index in [2.05, 4.69) is 10.2 Å². The molecule has 0 bridgehead atoms. The summed E-state index contributed by atoms with van der Waals surface area (Å²) in [6.07, 6.45) is 6.59. The summed E-state index contributed by atoms with van der Waals surface area (Å²) in [7, 11) is -3.69. The number of anilines is 1. The molecule has 0 aliphatic heterocycles. The van der Waals surface area contributed by atoms with E-state index in [-0.39, 0.29) is 23.3 Å². The van der Waals surface area contributed by atoms with Crippen LogP contribution in [0.2, 0.25) is 0 Å². The Hall–Kier alpha value is -1.80. The minimum Gasteiger partial charge on any atom is -0.468 e. The van der Waals surface area contributed by atoms with Gasteiger partial charge in [0.1, 0.15) is 16.5 Å². The van der Waals surface area contributed by atoms with Gasteiger partial charge in [-0.05, 0) is 25.0 Å². The predicted molar refractivity (Wildman–Crippen MR) is 76.7 cm³/mol. The average molecular weight is 310 g/mol. The van der Waals surface area contributed by atoms with Crippen molar-refractivity contribution >= 4 is 15.8 Å². The molecule has 0 amide bonds. The highest BCUT2D eigenvalue weighted by molar-refractivity contribution is 7.89. The lowest BCUT2D eigenvalue weighted by Gasteiger charge is -2.26. The second-order valence-electron chi connectivity index (χ2n) is 5.22. The number of aromatic amines is 1. The molecule has 3 rings (SSSR count). The molecule has 2 heterocycles. The molecular formula is C13H18N4O3S. The molecule has 1 fully saturated rings. The van der Waals surface area contributed by atoms with E-state index in [4.69, 9.17) is 10.2 Å². The number of sulfonamides is 1. The first-order valence-electron chi connectivity index (χ1n) is 6.92.